The third-order valence-corrected chi connectivity index (χ3v) is 4.47. The maximum Gasteiger partial charge on any atom is 0.0175 e. The van der Waals surface area contributed by atoms with E-state index in [1.165, 1.54) is 35.7 Å². The third kappa shape index (κ3) is 3.32. The van der Waals surface area contributed by atoms with Gasteiger partial charge in [-0.1, -0.05) is 41.9 Å². The summed E-state index contributed by atoms with van der Waals surface area (Å²) in [7, 11) is 0. The van der Waals surface area contributed by atoms with Gasteiger partial charge in [0, 0.05) is 16.6 Å². The Hall–Kier alpha value is -0.340. The van der Waals surface area contributed by atoms with E-state index in [1.54, 1.807) is 0 Å². The molecular formula is C15H22BrN. The monoisotopic (exact) mass is 295 g/mol. The Morgan fingerprint density at radius 1 is 1.18 bits per heavy atom. The van der Waals surface area contributed by atoms with Crippen LogP contribution in [0.2, 0.25) is 0 Å². The molecule has 2 rings (SSSR count). The van der Waals surface area contributed by atoms with Gasteiger partial charge in [-0.3, -0.25) is 0 Å². The summed E-state index contributed by atoms with van der Waals surface area (Å²) in [6, 6.07) is 10.3. The number of hydrogen-bond donors (Lipinski definition) is 1. The average molecular weight is 296 g/mol. The number of benzene rings is 1. The highest BCUT2D eigenvalue weighted by Crippen LogP contribution is 2.37. The largest absolute Gasteiger partial charge is 0.311 e. The number of halogens is 1. The molecule has 2 heteroatoms. The fraction of sp³-hybridized carbons (Fsp3) is 0.600. The van der Waals surface area contributed by atoms with Gasteiger partial charge in [-0.05, 0) is 49.3 Å². The third-order valence-electron chi connectivity index (χ3n) is 3.94. The van der Waals surface area contributed by atoms with Gasteiger partial charge in [-0.15, -0.1) is 0 Å². The van der Waals surface area contributed by atoms with E-state index in [2.05, 4.69) is 59.4 Å². The van der Waals surface area contributed by atoms with E-state index in [0.29, 0.717) is 6.04 Å². The van der Waals surface area contributed by atoms with Crippen LogP contribution in [-0.2, 0) is 0 Å². The topological polar surface area (TPSA) is 12.0 Å². The Balaban J connectivity index is 1.80. The van der Waals surface area contributed by atoms with Crippen LogP contribution in [-0.4, -0.2) is 12.1 Å². The van der Waals surface area contributed by atoms with Crippen molar-refractivity contribution < 1.29 is 0 Å². The van der Waals surface area contributed by atoms with E-state index in [0.717, 1.165) is 12.0 Å². The summed E-state index contributed by atoms with van der Waals surface area (Å²) in [5.41, 5.74) is 1.50. The summed E-state index contributed by atoms with van der Waals surface area (Å²) in [6.45, 7) is 4.54. The zero-order valence-electron chi connectivity index (χ0n) is 10.7. The molecule has 1 fully saturated rings. The molecule has 0 atom stereocenters. The van der Waals surface area contributed by atoms with E-state index < -0.39 is 0 Å². The van der Waals surface area contributed by atoms with Gasteiger partial charge in [0.05, 0.1) is 0 Å². The summed E-state index contributed by atoms with van der Waals surface area (Å²) in [5, 5.41) is 3.75. The van der Waals surface area contributed by atoms with Crippen LogP contribution in [0.25, 0.3) is 0 Å². The van der Waals surface area contributed by atoms with Crippen LogP contribution in [0.5, 0.6) is 0 Å². The molecule has 0 aliphatic heterocycles. The first-order chi connectivity index (χ1) is 8.22. The minimum atomic E-state index is 0.714. The number of rotatable bonds is 5. The normalized spacial score (nSPS) is 23.8. The SMILES string of the molecule is CCC(CC)NC1CC(c2ccc(Br)cc2)C1. The maximum atomic E-state index is 3.75. The number of nitrogens with one attached hydrogen (secondary N) is 1. The molecule has 0 bridgehead atoms. The zero-order valence-corrected chi connectivity index (χ0v) is 12.3. The van der Waals surface area contributed by atoms with Gasteiger partial charge in [0.1, 0.15) is 0 Å². The molecule has 0 spiro atoms. The van der Waals surface area contributed by atoms with Crippen molar-refractivity contribution in [2.45, 2.75) is 57.5 Å². The number of hydrogen-bond acceptors (Lipinski definition) is 1. The molecule has 0 aromatic heterocycles. The second-order valence-electron chi connectivity index (χ2n) is 5.10. The lowest BCUT2D eigenvalue weighted by Gasteiger charge is -2.38. The van der Waals surface area contributed by atoms with Crippen molar-refractivity contribution in [1.29, 1.82) is 0 Å². The molecule has 1 aliphatic carbocycles. The Morgan fingerprint density at radius 2 is 1.76 bits per heavy atom. The quantitative estimate of drug-likeness (QED) is 0.845. The molecule has 1 nitrogen and oxygen atoms in total. The van der Waals surface area contributed by atoms with Crippen LogP contribution in [0.15, 0.2) is 28.7 Å². The molecule has 0 radical (unpaired) electrons. The van der Waals surface area contributed by atoms with Crippen molar-refractivity contribution >= 4 is 15.9 Å². The van der Waals surface area contributed by atoms with Crippen LogP contribution >= 0.6 is 15.9 Å². The molecular weight excluding hydrogens is 274 g/mol. The van der Waals surface area contributed by atoms with Gasteiger partial charge in [-0.25, -0.2) is 0 Å². The molecule has 1 aromatic rings. The van der Waals surface area contributed by atoms with Crippen LogP contribution in [0.4, 0.5) is 0 Å². The van der Waals surface area contributed by atoms with E-state index in [9.17, 15) is 0 Å². The summed E-state index contributed by atoms with van der Waals surface area (Å²) in [6.07, 6.45) is 5.10. The minimum Gasteiger partial charge on any atom is -0.311 e. The molecule has 17 heavy (non-hydrogen) atoms. The lowest BCUT2D eigenvalue weighted by Crippen LogP contribution is -2.45. The first-order valence-corrected chi connectivity index (χ1v) is 7.53. The standard InChI is InChI=1S/C15H22BrN/c1-3-14(4-2)17-15-9-12(10-15)11-5-7-13(16)8-6-11/h5-8,12,14-15,17H,3-4,9-10H2,1-2H3. The lowest BCUT2D eigenvalue weighted by atomic mass is 9.75. The van der Waals surface area contributed by atoms with Gasteiger partial charge in [0.15, 0.2) is 0 Å². The fourth-order valence-electron chi connectivity index (χ4n) is 2.62. The van der Waals surface area contributed by atoms with E-state index >= 15 is 0 Å². The highest BCUT2D eigenvalue weighted by molar-refractivity contribution is 9.10. The molecule has 1 aromatic carbocycles. The maximum absolute atomic E-state index is 3.75. The predicted molar refractivity (Wildman–Crippen MR) is 77.4 cm³/mol. The molecule has 0 saturated heterocycles. The van der Waals surface area contributed by atoms with Gasteiger partial charge in [0.2, 0.25) is 0 Å². The van der Waals surface area contributed by atoms with Gasteiger partial charge in [0.25, 0.3) is 0 Å². The predicted octanol–water partition coefficient (Wildman–Crippen LogP) is 4.47. The van der Waals surface area contributed by atoms with Crippen molar-refractivity contribution in [3.05, 3.63) is 34.3 Å². The Kier molecular flexibility index (Phi) is 4.63. The van der Waals surface area contributed by atoms with Crippen LogP contribution in [0.3, 0.4) is 0 Å². The van der Waals surface area contributed by atoms with Gasteiger partial charge >= 0.3 is 0 Å². The minimum absolute atomic E-state index is 0.714. The lowest BCUT2D eigenvalue weighted by molar-refractivity contribution is 0.258. The molecule has 1 aliphatic rings. The van der Waals surface area contributed by atoms with Crippen LogP contribution < -0.4 is 5.32 Å². The van der Waals surface area contributed by atoms with E-state index in [-0.39, 0.29) is 0 Å². The Bertz CT molecular complexity index is 336. The van der Waals surface area contributed by atoms with E-state index in [1.807, 2.05) is 0 Å². The van der Waals surface area contributed by atoms with E-state index in [4.69, 9.17) is 0 Å². The van der Waals surface area contributed by atoms with Crippen molar-refractivity contribution in [2.75, 3.05) is 0 Å². The molecule has 1 N–H and O–H groups in total. The van der Waals surface area contributed by atoms with Gasteiger partial charge in [-0.2, -0.15) is 0 Å². The summed E-state index contributed by atoms with van der Waals surface area (Å²) < 4.78 is 1.17. The molecule has 0 unspecified atom stereocenters. The van der Waals surface area contributed by atoms with Crippen molar-refractivity contribution in [3.63, 3.8) is 0 Å². The summed E-state index contributed by atoms with van der Waals surface area (Å²) in [5.74, 6) is 0.773. The van der Waals surface area contributed by atoms with Crippen LogP contribution in [0, 0.1) is 0 Å². The van der Waals surface area contributed by atoms with Gasteiger partial charge < -0.3 is 5.32 Å². The zero-order chi connectivity index (χ0) is 12.3. The van der Waals surface area contributed by atoms with Crippen molar-refractivity contribution in [3.8, 4) is 0 Å². The summed E-state index contributed by atoms with van der Waals surface area (Å²) in [4.78, 5) is 0. The second-order valence-corrected chi connectivity index (χ2v) is 6.01. The molecule has 1 saturated carbocycles. The molecule has 94 valence electrons. The highest BCUT2D eigenvalue weighted by Gasteiger charge is 2.30. The first-order valence-electron chi connectivity index (χ1n) is 6.74. The van der Waals surface area contributed by atoms with Crippen LogP contribution in [0.1, 0.15) is 51.0 Å². The van der Waals surface area contributed by atoms with Crippen molar-refractivity contribution in [2.24, 2.45) is 0 Å². The summed E-state index contributed by atoms with van der Waals surface area (Å²) >= 11 is 3.49. The Morgan fingerprint density at radius 3 is 2.29 bits per heavy atom. The first kappa shape index (κ1) is 13.1. The molecule has 0 heterocycles. The smallest absolute Gasteiger partial charge is 0.0175 e. The second kappa shape index (κ2) is 6.01. The highest BCUT2D eigenvalue weighted by atomic mass is 79.9. The molecule has 0 amide bonds. The van der Waals surface area contributed by atoms with Crippen molar-refractivity contribution in [1.82, 2.24) is 5.32 Å². The average Bonchev–Trinajstić information content (AvgIpc) is 2.30. The fourth-order valence-corrected chi connectivity index (χ4v) is 2.88. The Labute approximate surface area is 113 Å².